The van der Waals surface area contributed by atoms with Gasteiger partial charge in [0.15, 0.2) is 10.9 Å². The van der Waals surface area contributed by atoms with Crippen LogP contribution in [0.1, 0.15) is 27.9 Å². The Bertz CT molecular complexity index is 647. The van der Waals surface area contributed by atoms with Crippen molar-refractivity contribution < 1.29 is 9.59 Å². The fourth-order valence-corrected chi connectivity index (χ4v) is 2.64. The van der Waals surface area contributed by atoms with E-state index in [1.807, 2.05) is 12.1 Å². The van der Waals surface area contributed by atoms with E-state index < -0.39 is 0 Å². The molecule has 0 saturated heterocycles. The van der Waals surface area contributed by atoms with Crippen LogP contribution in [0.25, 0.3) is 0 Å². The predicted molar refractivity (Wildman–Crippen MR) is 80.0 cm³/mol. The molecule has 2 rings (SSSR count). The molecule has 1 amide bonds. The van der Waals surface area contributed by atoms with Crippen molar-refractivity contribution in [1.82, 2.24) is 4.98 Å². The number of thiazole rings is 1. The van der Waals surface area contributed by atoms with Crippen LogP contribution in [0.15, 0.2) is 24.3 Å². The number of nitrogens with one attached hydrogen (secondary N) is 1. The largest absolute Gasteiger partial charge is 0.399 e. The lowest BCUT2D eigenvalue weighted by molar-refractivity contribution is -0.115. The van der Waals surface area contributed by atoms with Crippen molar-refractivity contribution in [3.05, 3.63) is 40.4 Å². The summed E-state index contributed by atoms with van der Waals surface area (Å²) in [5.41, 5.74) is 7.77. The van der Waals surface area contributed by atoms with Crippen molar-refractivity contribution in [2.24, 2.45) is 0 Å². The first-order valence-electron chi connectivity index (χ1n) is 6.08. The molecule has 0 atom stereocenters. The summed E-state index contributed by atoms with van der Waals surface area (Å²) in [5.74, 6) is -0.211. The number of nitrogens with two attached hydrogens (primary N) is 1. The smallest absolute Gasteiger partial charge is 0.230 e. The SMILES string of the molecule is CC(=O)c1sc(NC(=O)Cc2ccc(N)cc2)nc1C. The Morgan fingerprint density at radius 1 is 1.30 bits per heavy atom. The Morgan fingerprint density at radius 3 is 2.50 bits per heavy atom. The number of carbonyl (C=O) groups is 2. The fraction of sp³-hybridized carbons (Fsp3) is 0.214. The number of ketones is 1. The topological polar surface area (TPSA) is 85.1 Å². The van der Waals surface area contributed by atoms with Gasteiger partial charge in [0, 0.05) is 12.6 Å². The van der Waals surface area contributed by atoms with E-state index in [0.717, 1.165) is 5.56 Å². The molecule has 1 aromatic carbocycles. The highest BCUT2D eigenvalue weighted by Gasteiger charge is 2.13. The highest BCUT2D eigenvalue weighted by atomic mass is 32.1. The monoisotopic (exact) mass is 289 g/mol. The molecule has 0 aliphatic heterocycles. The summed E-state index contributed by atoms with van der Waals surface area (Å²) in [7, 11) is 0. The number of nitrogens with zero attached hydrogens (tertiary/aromatic N) is 1. The number of carbonyl (C=O) groups excluding carboxylic acids is 2. The number of nitrogen functional groups attached to an aromatic ring is 1. The Hall–Kier alpha value is -2.21. The van der Waals surface area contributed by atoms with E-state index in [1.165, 1.54) is 18.3 Å². The van der Waals surface area contributed by atoms with Gasteiger partial charge in [0.05, 0.1) is 17.0 Å². The van der Waals surface area contributed by atoms with E-state index in [4.69, 9.17) is 5.73 Å². The number of rotatable bonds is 4. The molecule has 20 heavy (non-hydrogen) atoms. The summed E-state index contributed by atoms with van der Waals surface area (Å²) in [4.78, 5) is 28.0. The van der Waals surface area contributed by atoms with Crippen LogP contribution in [0.2, 0.25) is 0 Å². The van der Waals surface area contributed by atoms with Crippen molar-refractivity contribution >= 4 is 33.8 Å². The van der Waals surface area contributed by atoms with Gasteiger partial charge in [-0.15, -0.1) is 0 Å². The van der Waals surface area contributed by atoms with Crippen LogP contribution in [0.5, 0.6) is 0 Å². The summed E-state index contributed by atoms with van der Waals surface area (Å²) < 4.78 is 0. The molecule has 0 fully saturated rings. The van der Waals surface area contributed by atoms with Crippen molar-refractivity contribution in [3.8, 4) is 0 Å². The van der Waals surface area contributed by atoms with Crippen LogP contribution in [0.3, 0.4) is 0 Å². The molecule has 1 heterocycles. The van der Waals surface area contributed by atoms with Crippen LogP contribution in [-0.4, -0.2) is 16.7 Å². The third-order valence-corrected chi connectivity index (χ3v) is 3.88. The summed E-state index contributed by atoms with van der Waals surface area (Å²) in [5, 5.41) is 3.16. The first-order valence-corrected chi connectivity index (χ1v) is 6.90. The molecule has 0 aliphatic carbocycles. The average molecular weight is 289 g/mol. The van der Waals surface area contributed by atoms with Gasteiger partial charge in [0.1, 0.15) is 0 Å². The number of benzene rings is 1. The zero-order valence-corrected chi connectivity index (χ0v) is 12.1. The van der Waals surface area contributed by atoms with Crippen LogP contribution in [-0.2, 0) is 11.2 Å². The Balaban J connectivity index is 2.03. The highest BCUT2D eigenvalue weighted by molar-refractivity contribution is 7.17. The molecular formula is C14H15N3O2S. The maximum atomic E-state index is 11.9. The van der Waals surface area contributed by atoms with Gasteiger partial charge in [0.2, 0.25) is 5.91 Å². The summed E-state index contributed by atoms with van der Waals surface area (Å²) in [6.07, 6.45) is 0.244. The van der Waals surface area contributed by atoms with Crippen LogP contribution >= 0.6 is 11.3 Å². The van der Waals surface area contributed by atoms with Gasteiger partial charge in [-0.1, -0.05) is 23.5 Å². The van der Waals surface area contributed by atoms with E-state index in [0.29, 0.717) is 21.4 Å². The molecule has 0 spiro atoms. The highest BCUT2D eigenvalue weighted by Crippen LogP contribution is 2.23. The van der Waals surface area contributed by atoms with Crippen molar-refractivity contribution in [2.75, 3.05) is 11.1 Å². The second kappa shape index (κ2) is 5.83. The lowest BCUT2D eigenvalue weighted by Gasteiger charge is -2.02. The number of aryl methyl sites for hydroxylation is 1. The van der Waals surface area contributed by atoms with Crippen LogP contribution in [0.4, 0.5) is 10.8 Å². The molecule has 0 radical (unpaired) electrons. The van der Waals surface area contributed by atoms with Gasteiger partial charge in [-0.2, -0.15) is 0 Å². The molecule has 0 saturated carbocycles. The lowest BCUT2D eigenvalue weighted by atomic mass is 10.1. The Morgan fingerprint density at radius 2 is 1.95 bits per heavy atom. The van der Waals surface area contributed by atoms with E-state index in [2.05, 4.69) is 10.3 Å². The average Bonchev–Trinajstić information content (AvgIpc) is 2.73. The normalized spacial score (nSPS) is 10.3. The second-order valence-corrected chi connectivity index (χ2v) is 5.46. The summed E-state index contributed by atoms with van der Waals surface area (Å²) in [6.45, 7) is 3.24. The van der Waals surface area contributed by atoms with E-state index in [1.54, 1.807) is 19.1 Å². The zero-order chi connectivity index (χ0) is 14.7. The minimum absolute atomic E-state index is 0.0426. The van der Waals surface area contributed by atoms with Gasteiger partial charge in [-0.3, -0.25) is 9.59 Å². The second-order valence-electron chi connectivity index (χ2n) is 4.46. The lowest BCUT2D eigenvalue weighted by Crippen LogP contribution is -2.14. The van der Waals surface area contributed by atoms with Crippen LogP contribution < -0.4 is 11.1 Å². The quantitative estimate of drug-likeness (QED) is 0.668. The molecule has 6 heteroatoms. The number of aromatic nitrogens is 1. The molecule has 0 unspecified atom stereocenters. The maximum Gasteiger partial charge on any atom is 0.230 e. The predicted octanol–water partition coefficient (Wildman–Crippen LogP) is 2.42. The molecule has 5 nitrogen and oxygen atoms in total. The number of hydrogen-bond donors (Lipinski definition) is 2. The van der Waals surface area contributed by atoms with Gasteiger partial charge in [-0.05, 0) is 24.6 Å². The van der Waals surface area contributed by atoms with E-state index >= 15 is 0 Å². The van der Waals surface area contributed by atoms with Gasteiger partial charge < -0.3 is 11.1 Å². The minimum Gasteiger partial charge on any atom is -0.399 e. The van der Waals surface area contributed by atoms with Crippen molar-refractivity contribution in [3.63, 3.8) is 0 Å². The standard InChI is InChI=1S/C14H15N3O2S/c1-8-13(9(2)18)20-14(16-8)17-12(19)7-10-3-5-11(15)6-4-10/h3-6H,7,15H2,1-2H3,(H,16,17,19). The number of amides is 1. The first-order chi connectivity index (χ1) is 9.45. The number of Topliss-reactive ketones (excluding diaryl/α,β-unsaturated/α-hetero) is 1. The molecule has 1 aromatic heterocycles. The van der Waals surface area contributed by atoms with Crippen LogP contribution in [0, 0.1) is 6.92 Å². The maximum absolute atomic E-state index is 11.9. The third kappa shape index (κ3) is 3.42. The fourth-order valence-electron chi connectivity index (χ4n) is 1.76. The zero-order valence-electron chi connectivity index (χ0n) is 11.3. The summed E-state index contributed by atoms with van der Waals surface area (Å²) >= 11 is 1.20. The number of hydrogen-bond acceptors (Lipinski definition) is 5. The molecule has 104 valence electrons. The van der Waals surface area contributed by atoms with Crippen molar-refractivity contribution in [1.29, 1.82) is 0 Å². The molecule has 0 bridgehead atoms. The summed E-state index contributed by atoms with van der Waals surface area (Å²) in [6, 6.07) is 7.13. The molecule has 2 aromatic rings. The van der Waals surface area contributed by atoms with Gasteiger partial charge >= 0.3 is 0 Å². The molecular weight excluding hydrogens is 274 g/mol. The molecule has 3 N–H and O–H groups in total. The number of anilines is 2. The first kappa shape index (κ1) is 14.2. The minimum atomic E-state index is -0.168. The third-order valence-electron chi connectivity index (χ3n) is 2.71. The van der Waals surface area contributed by atoms with Gasteiger partial charge in [0.25, 0.3) is 0 Å². The van der Waals surface area contributed by atoms with Gasteiger partial charge in [-0.25, -0.2) is 4.98 Å². The van der Waals surface area contributed by atoms with E-state index in [-0.39, 0.29) is 18.1 Å². The molecule has 0 aliphatic rings. The van der Waals surface area contributed by atoms with E-state index in [9.17, 15) is 9.59 Å². The Labute approximate surface area is 120 Å². The Kier molecular flexibility index (Phi) is 4.14. The van der Waals surface area contributed by atoms with Crippen molar-refractivity contribution in [2.45, 2.75) is 20.3 Å².